The third-order valence-corrected chi connectivity index (χ3v) is 5.55. The Kier molecular flexibility index (Phi) is 2.77. The standard InChI is InChI=1S/C19H18BrNO/c1-18(2)15-12-14(20)8-9-16(15)21(3)19(18)11-10-13-6-4-5-7-17(13)22-19/h4-12H,1-3H3. The Balaban J connectivity index is 1.91. The van der Waals surface area contributed by atoms with Crippen molar-refractivity contribution in [2.45, 2.75) is 25.0 Å². The van der Waals surface area contributed by atoms with Crippen molar-refractivity contribution in [3.63, 3.8) is 0 Å². The molecule has 0 aromatic heterocycles. The van der Waals surface area contributed by atoms with Gasteiger partial charge in [0, 0.05) is 22.8 Å². The summed E-state index contributed by atoms with van der Waals surface area (Å²) >= 11 is 3.60. The van der Waals surface area contributed by atoms with Crippen molar-refractivity contribution in [2.24, 2.45) is 0 Å². The summed E-state index contributed by atoms with van der Waals surface area (Å²) in [4.78, 5) is 2.25. The van der Waals surface area contributed by atoms with E-state index in [-0.39, 0.29) is 5.41 Å². The number of anilines is 1. The lowest BCUT2D eigenvalue weighted by atomic mass is 9.76. The van der Waals surface area contributed by atoms with Crippen LogP contribution in [0.25, 0.3) is 6.08 Å². The number of hydrogen-bond acceptors (Lipinski definition) is 2. The minimum Gasteiger partial charge on any atom is -0.463 e. The summed E-state index contributed by atoms with van der Waals surface area (Å²) in [6.45, 7) is 4.50. The lowest BCUT2D eigenvalue weighted by Gasteiger charge is -2.45. The third kappa shape index (κ3) is 1.60. The number of ether oxygens (including phenoxy) is 1. The average Bonchev–Trinajstić information content (AvgIpc) is 2.67. The van der Waals surface area contributed by atoms with Crippen LogP contribution in [0.2, 0.25) is 0 Å². The van der Waals surface area contributed by atoms with Crippen LogP contribution >= 0.6 is 15.9 Å². The van der Waals surface area contributed by atoms with Gasteiger partial charge in [-0.3, -0.25) is 0 Å². The van der Waals surface area contributed by atoms with Gasteiger partial charge in [0.15, 0.2) is 0 Å². The zero-order valence-electron chi connectivity index (χ0n) is 12.9. The molecule has 2 aromatic carbocycles. The first-order valence-corrected chi connectivity index (χ1v) is 8.26. The summed E-state index contributed by atoms with van der Waals surface area (Å²) in [6.07, 6.45) is 4.38. The van der Waals surface area contributed by atoms with Crippen molar-refractivity contribution in [3.8, 4) is 5.75 Å². The minimum atomic E-state index is -0.496. The molecule has 2 aliphatic rings. The molecular formula is C19H18BrNO. The Morgan fingerprint density at radius 2 is 1.86 bits per heavy atom. The molecular weight excluding hydrogens is 338 g/mol. The molecule has 0 fully saturated rings. The Labute approximate surface area is 139 Å². The fourth-order valence-corrected chi connectivity index (χ4v) is 4.09. The van der Waals surface area contributed by atoms with E-state index >= 15 is 0 Å². The monoisotopic (exact) mass is 355 g/mol. The van der Waals surface area contributed by atoms with Crippen molar-refractivity contribution in [3.05, 3.63) is 64.1 Å². The number of nitrogens with zero attached hydrogens (tertiary/aromatic N) is 1. The first-order chi connectivity index (χ1) is 10.5. The molecule has 3 heteroatoms. The van der Waals surface area contributed by atoms with Gasteiger partial charge >= 0.3 is 0 Å². The second-order valence-electron chi connectivity index (χ2n) is 6.52. The first-order valence-electron chi connectivity index (χ1n) is 7.47. The van der Waals surface area contributed by atoms with Gasteiger partial charge in [0.1, 0.15) is 5.75 Å². The molecule has 1 unspecified atom stereocenters. The Morgan fingerprint density at radius 1 is 1.09 bits per heavy atom. The van der Waals surface area contributed by atoms with E-state index < -0.39 is 5.72 Å². The van der Waals surface area contributed by atoms with Crippen LogP contribution in [0, 0.1) is 0 Å². The van der Waals surface area contributed by atoms with Crippen LogP contribution in [0.15, 0.2) is 53.0 Å². The van der Waals surface area contributed by atoms with Crippen molar-refractivity contribution in [1.82, 2.24) is 0 Å². The maximum atomic E-state index is 6.55. The molecule has 0 saturated heterocycles. The van der Waals surface area contributed by atoms with Gasteiger partial charge in [-0.25, -0.2) is 0 Å². The Hall–Kier alpha value is -1.74. The largest absolute Gasteiger partial charge is 0.463 e. The van der Waals surface area contributed by atoms with E-state index in [4.69, 9.17) is 4.74 Å². The van der Waals surface area contributed by atoms with Gasteiger partial charge < -0.3 is 9.64 Å². The van der Waals surface area contributed by atoms with Gasteiger partial charge in [-0.15, -0.1) is 0 Å². The van der Waals surface area contributed by atoms with E-state index in [1.165, 1.54) is 11.3 Å². The van der Waals surface area contributed by atoms with Crippen molar-refractivity contribution < 1.29 is 4.74 Å². The predicted molar refractivity (Wildman–Crippen MR) is 94.4 cm³/mol. The molecule has 0 aliphatic carbocycles. The highest BCUT2D eigenvalue weighted by molar-refractivity contribution is 9.10. The van der Waals surface area contributed by atoms with Gasteiger partial charge in [0.2, 0.25) is 5.72 Å². The summed E-state index contributed by atoms with van der Waals surface area (Å²) < 4.78 is 7.66. The number of rotatable bonds is 0. The van der Waals surface area contributed by atoms with Crippen molar-refractivity contribution >= 4 is 27.7 Å². The first kappa shape index (κ1) is 13.9. The van der Waals surface area contributed by atoms with Crippen LogP contribution in [0.4, 0.5) is 5.69 Å². The maximum absolute atomic E-state index is 6.55. The Bertz CT molecular complexity index is 796. The highest BCUT2D eigenvalue weighted by atomic mass is 79.9. The van der Waals surface area contributed by atoms with Crippen LogP contribution < -0.4 is 9.64 Å². The lowest BCUT2D eigenvalue weighted by Crippen LogP contribution is -2.58. The number of halogens is 1. The van der Waals surface area contributed by atoms with Crippen molar-refractivity contribution in [1.29, 1.82) is 0 Å². The second kappa shape index (κ2) is 4.39. The SMILES string of the molecule is CN1c2ccc(Br)cc2C(C)(C)C12C=Cc1ccccc1O2. The van der Waals surface area contributed by atoms with Crippen LogP contribution in [-0.2, 0) is 5.41 Å². The van der Waals surface area contributed by atoms with Gasteiger partial charge in [0.25, 0.3) is 0 Å². The summed E-state index contributed by atoms with van der Waals surface area (Å²) in [6, 6.07) is 14.7. The highest BCUT2D eigenvalue weighted by Gasteiger charge is 2.57. The molecule has 1 atom stereocenters. The quantitative estimate of drug-likeness (QED) is 0.660. The van der Waals surface area contributed by atoms with Crippen LogP contribution in [-0.4, -0.2) is 12.8 Å². The molecule has 2 aromatic rings. The smallest absolute Gasteiger partial charge is 0.211 e. The molecule has 0 radical (unpaired) electrons. The maximum Gasteiger partial charge on any atom is 0.211 e. The average molecular weight is 356 g/mol. The fraction of sp³-hybridized carbons (Fsp3) is 0.263. The zero-order chi connectivity index (χ0) is 15.5. The zero-order valence-corrected chi connectivity index (χ0v) is 14.5. The molecule has 0 amide bonds. The number of hydrogen-bond donors (Lipinski definition) is 0. The molecule has 4 rings (SSSR count). The summed E-state index contributed by atoms with van der Waals surface area (Å²) in [5.74, 6) is 0.941. The van der Waals surface area contributed by atoms with Gasteiger partial charge in [-0.1, -0.05) is 34.1 Å². The molecule has 22 heavy (non-hydrogen) atoms. The van der Waals surface area contributed by atoms with E-state index in [1.807, 2.05) is 18.2 Å². The van der Waals surface area contributed by atoms with E-state index in [1.54, 1.807) is 0 Å². The topological polar surface area (TPSA) is 12.5 Å². The molecule has 2 nitrogen and oxygen atoms in total. The summed E-state index contributed by atoms with van der Waals surface area (Å²) in [5, 5.41) is 0. The normalized spacial score (nSPS) is 24.1. The number of benzene rings is 2. The van der Waals surface area contributed by atoms with Crippen LogP contribution in [0.1, 0.15) is 25.0 Å². The van der Waals surface area contributed by atoms with E-state index in [0.29, 0.717) is 0 Å². The number of fused-ring (bicyclic) bond motifs is 2. The molecule has 2 heterocycles. The Morgan fingerprint density at radius 3 is 2.68 bits per heavy atom. The number of para-hydroxylation sites is 1. The van der Waals surface area contributed by atoms with Gasteiger partial charge in [0.05, 0.1) is 5.41 Å². The number of likely N-dealkylation sites (N-methyl/N-ethyl adjacent to an activating group) is 1. The van der Waals surface area contributed by atoms with Crippen molar-refractivity contribution in [2.75, 3.05) is 11.9 Å². The summed E-state index contributed by atoms with van der Waals surface area (Å²) in [7, 11) is 2.11. The minimum absolute atomic E-state index is 0.162. The molecule has 0 bridgehead atoms. The molecule has 0 N–H and O–H groups in total. The fourth-order valence-electron chi connectivity index (χ4n) is 3.72. The molecule has 1 spiro atoms. The van der Waals surface area contributed by atoms with Crippen LogP contribution in [0.3, 0.4) is 0 Å². The van der Waals surface area contributed by atoms with Crippen LogP contribution in [0.5, 0.6) is 5.75 Å². The van der Waals surface area contributed by atoms with Gasteiger partial charge in [-0.05, 0) is 55.8 Å². The molecule has 2 aliphatic heterocycles. The summed E-state index contributed by atoms with van der Waals surface area (Å²) in [5.41, 5.74) is 3.00. The highest BCUT2D eigenvalue weighted by Crippen LogP contribution is 2.54. The molecule has 0 saturated carbocycles. The van der Waals surface area contributed by atoms with E-state index in [2.05, 4.69) is 78.1 Å². The molecule has 112 valence electrons. The van der Waals surface area contributed by atoms with E-state index in [9.17, 15) is 0 Å². The third-order valence-electron chi connectivity index (χ3n) is 5.06. The second-order valence-corrected chi connectivity index (χ2v) is 7.43. The lowest BCUT2D eigenvalue weighted by molar-refractivity contribution is 0.0581. The van der Waals surface area contributed by atoms with Gasteiger partial charge in [-0.2, -0.15) is 0 Å². The van der Waals surface area contributed by atoms with E-state index in [0.717, 1.165) is 15.8 Å². The predicted octanol–water partition coefficient (Wildman–Crippen LogP) is 4.98.